The number of anilines is 1. The van der Waals surface area contributed by atoms with Crippen LogP contribution in [-0.4, -0.2) is 43.3 Å². The number of carbonyl (C=O) groups excluding carboxylic acids is 3. The quantitative estimate of drug-likeness (QED) is 0.189. The Labute approximate surface area is 205 Å². The molecule has 0 spiro atoms. The van der Waals surface area contributed by atoms with E-state index in [-0.39, 0.29) is 47.1 Å². The zero-order valence-electron chi connectivity index (χ0n) is 19.5. The molecule has 0 aromatic heterocycles. The number of benzene rings is 2. The Morgan fingerprint density at radius 3 is 2.31 bits per heavy atom. The number of amides is 1. The van der Waals surface area contributed by atoms with Crippen LogP contribution in [0.4, 0.5) is 18.9 Å². The minimum Gasteiger partial charge on any atom is -0.491 e. The molecule has 0 saturated carbocycles. The van der Waals surface area contributed by atoms with Crippen LogP contribution in [0, 0.1) is 11.8 Å². The second-order valence-corrected chi connectivity index (χ2v) is 9.59. The summed E-state index contributed by atoms with van der Waals surface area (Å²) >= 11 is -0.280. The maximum absolute atomic E-state index is 13.2. The fourth-order valence-electron chi connectivity index (χ4n) is 4.02. The lowest BCUT2D eigenvalue weighted by Crippen LogP contribution is -2.31. The zero-order chi connectivity index (χ0) is 25.8. The Hall–Kier alpha value is -2.85. The number of para-hydroxylation sites is 1. The molecule has 1 aliphatic heterocycles. The van der Waals surface area contributed by atoms with E-state index in [0.29, 0.717) is 17.9 Å². The Bertz CT molecular complexity index is 1070. The standard InChI is InChI=1S/C25H26F3NO5S/c1-15(2)14-19(30)21-22(18-6-4-5-7-20(18)34-13-12-33-3)29(24(32)23(21)31)16-8-10-17(11-9-16)35-25(26,27)28/h4-11,15,21-22H,12-14H2,1-3H3. The van der Waals surface area contributed by atoms with Gasteiger partial charge < -0.3 is 9.47 Å². The van der Waals surface area contributed by atoms with Gasteiger partial charge in [-0.15, -0.1) is 0 Å². The van der Waals surface area contributed by atoms with Crippen molar-refractivity contribution < 1.29 is 37.0 Å². The number of ether oxygens (including phenoxy) is 2. The van der Waals surface area contributed by atoms with E-state index < -0.39 is 29.2 Å². The number of ketones is 2. The number of carbonyl (C=O) groups is 3. The van der Waals surface area contributed by atoms with Crippen molar-refractivity contribution in [3.05, 3.63) is 54.1 Å². The minimum atomic E-state index is -4.46. The molecule has 3 rings (SSSR count). The molecule has 1 aliphatic rings. The molecular weight excluding hydrogens is 483 g/mol. The van der Waals surface area contributed by atoms with Crippen LogP contribution >= 0.6 is 11.8 Å². The number of hydrogen-bond donors (Lipinski definition) is 0. The molecule has 1 heterocycles. The monoisotopic (exact) mass is 509 g/mol. The van der Waals surface area contributed by atoms with Gasteiger partial charge in [0.25, 0.3) is 5.91 Å². The molecule has 0 N–H and O–H groups in total. The van der Waals surface area contributed by atoms with Crippen LogP contribution in [-0.2, 0) is 19.1 Å². The van der Waals surface area contributed by atoms with E-state index in [2.05, 4.69) is 0 Å². The first-order valence-electron chi connectivity index (χ1n) is 11.0. The molecule has 2 unspecified atom stereocenters. The average molecular weight is 510 g/mol. The Balaban J connectivity index is 2.08. The van der Waals surface area contributed by atoms with E-state index in [1.807, 2.05) is 13.8 Å². The highest BCUT2D eigenvalue weighted by molar-refractivity contribution is 8.00. The summed E-state index contributed by atoms with van der Waals surface area (Å²) in [5.74, 6) is -3.02. The predicted molar refractivity (Wildman–Crippen MR) is 125 cm³/mol. The first-order chi connectivity index (χ1) is 16.5. The summed E-state index contributed by atoms with van der Waals surface area (Å²) in [6.45, 7) is 4.18. The van der Waals surface area contributed by atoms with Crippen LogP contribution in [0.5, 0.6) is 5.75 Å². The summed E-state index contributed by atoms with van der Waals surface area (Å²) in [4.78, 5) is 40.5. The molecule has 0 radical (unpaired) electrons. The third-order valence-corrected chi connectivity index (χ3v) is 6.13. The summed E-state index contributed by atoms with van der Waals surface area (Å²) in [5.41, 5.74) is -3.79. The third kappa shape index (κ3) is 6.43. The number of alkyl halides is 3. The summed E-state index contributed by atoms with van der Waals surface area (Å²) in [6, 6.07) is 10.9. The largest absolute Gasteiger partial charge is 0.491 e. The van der Waals surface area contributed by atoms with Gasteiger partial charge in [-0.2, -0.15) is 13.2 Å². The Morgan fingerprint density at radius 2 is 1.71 bits per heavy atom. The lowest BCUT2D eigenvalue weighted by Gasteiger charge is -2.29. The van der Waals surface area contributed by atoms with Crippen LogP contribution in [0.3, 0.4) is 0 Å². The molecule has 2 aromatic carbocycles. The van der Waals surface area contributed by atoms with E-state index in [4.69, 9.17) is 9.47 Å². The number of rotatable bonds is 10. The van der Waals surface area contributed by atoms with Gasteiger partial charge in [-0.1, -0.05) is 32.0 Å². The molecule has 1 saturated heterocycles. The highest BCUT2D eigenvalue weighted by Gasteiger charge is 2.52. The van der Waals surface area contributed by atoms with Gasteiger partial charge in [-0.05, 0) is 48.0 Å². The number of Topliss-reactive ketones (excluding diaryl/α,β-unsaturated/α-hetero) is 2. The smallest absolute Gasteiger partial charge is 0.446 e. The van der Waals surface area contributed by atoms with Crippen molar-refractivity contribution in [3.8, 4) is 5.75 Å². The molecule has 1 amide bonds. The maximum atomic E-state index is 13.2. The van der Waals surface area contributed by atoms with Crippen molar-refractivity contribution in [1.29, 1.82) is 0 Å². The van der Waals surface area contributed by atoms with Gasteiger partial charge in [-0.3, -0.25) is 19.3 Å². The van der Waals surface area contributed by atoms with Gasteiger partial charge in [0.2, 0.25) is 5.78 Å². The third-order valence-electron chi connectivity index (χ3n) is 5.39. The summed E-state index contributed by atoms with van der Waals surface area (Å²) in [6.07, 6.45) is 0.0991. The maximum Gasteiger partial charge on any atom is 0.446 e. The highest BCUT2D eigenvalue weighted by Crippen LogP contribution is 2.45. The molecular formula is C25H26F3NO5S. The number of nitrogens with zero attached hydrogens (tertiary/aromatic N) is 1. The van der Waals surface area contributed by atoms with Gasteiger partial charge in [0, 0.05) is 29.7 Å². The number of hydrogen-bond acceptors (Lipinski definition) is 6. The van der Waals surface area contributed by atoms with Crippen LogP contribution in [0.2, 0.25) is 0 Å². The second-order valence-electron chi connectivity index (χ2n) is 8.45. The van der Waals surface area contributed by atoms with Gasteiger partial charge in [0.05, 0.1) is 12.6 Å². The van der Waals surface area contributed by atoms with Gasteiger partial charge in [0.1, 0.15) is 24.1 Å². The molecule has 0 aliphatic carbocycles. The minimum absolute atomic E-state index is 0.0352. The van der Waals surface area contributed by atoms with E-state index in [1.54, 1.807) is 24.3 Å². The van der Waals surface area contributed by atoms with Crippen molar-refractivity contribution in [2.45, 2.75) is 36.7 Å². The first kappa shape index (κ1) is 26.7. The molecule has 10 heteroatoms. The van der Waals surface area contributed by atoms with E-state index >= 15 is 0 Å². The second kappa shape index (κ2) is 11.3. The zero-order valence-corrected chi connectivity index (χ0v) is 20.3. The lowest BCUT2D eigenvalue weighted by molar-refractivity contribution is -0.139. The summed E-state index contributed by atoms with van der Waals surface area (Å²) < 4.78 is 49.1. The fraction of sp³-hybridized carbons (Fsp3) is 0.400. The van der Waals surface area contributed by atoms with Crippen LogP contribution in [0.1, 0.15) is 31.9 Å². The first-order valence-corrected chi connectivity index (χ1v) is 11.8. The molecule has 35 heavy (non-hydrogen) atoms. The van der Waals surface area contributed by atoms with Gasteiger partial charge in [0.15, 0.2) is 0 Å². The van der Waals surface area contributed by atoms with Crippen molar-refractivity contribution >= 4 is 34.9 Å². The van der Waals surface area contributed by atoms with Crippen molar-refractivity contribution in [1.82, 2.24) is 0 Å². The normalized spacial score (nSPS) is 18.4. The van der Waals surface area contributed by atoms with Crippen molar-refractivity contribution in [3.63, 3.8) is 0 Å². The molecule has 1 fully saturated rings. The molecule has 6 nitrogen and oxygen atoms in total. The van der Waals surface area contributed by atoms with Crippen molar-refractivity contribution in [2.24, 2.45) is 11.8 Å². The Morgan fingerprint density at radius 1 is 1.06 bits per heavy atom. The summed E-state index contributed by atoms with van der Waals surface area (Å²) in [7, 11) is 1.52. The van der Waals surface area contributed by atoms with Crippen molar-refractivity contribution in [2.75, 3.05) is 25.2 Å². The number of thioether (sulfide) groups is 1. The number of methoxy groups -OCH3 is 1. The molecule has 0 bridgehead atoms. The fourth-order valence-corrected chi connectivity index (χ4v) is 4.56. The lowest BCUT2D eigenvalue weighted by atomic mass is 9.85. The van der Waals surface area contributed by atoms with E-state index in [9.17, 15) is 27.6 Å². The molecule has 188 valence electrons. The Kier molecular flexibility index (Phi) is 8.60. The molecule has 2 aromatic rings. The predicted octanol–water partition coefficient (Wildman–Crippen LogP) is 5.21. The van der Waals surface area contributed by atoms with Gasteiger partial charge >= 0.3 is 5.51 Å². The van der Waals surface area contributed by atoms with E-state index in [0.717, 1.165) is 0 Å². The van der Waals surface area contributed by atoms with Crippen LogP contribution in [0.25, 0.3) is 0 Å². The highest BCUT2D eigenvalue weighted by atomic mass is 32.2. The van der Waals surface area contributed by atoms with E-state index in [1.165, 1.54) is 36.3 Å². The van der Waals surface area contributed by atoms with Crippen LogP contribution in [0.15, 0.2) is 53.4 Å². The summed E-state index contributed by atoms with van der Waals surface area (Å²) in [5, 5.41) is 0. The van der Waals surface area contributed by atoms with Gasteiger partial charge in [-0.25, -0.2) is 0 Å². The SMILES string of the molecule is COCCOc1ccccc1C1C(C(=O)CC(C)C)C(=O)C(=O)N1c1ccc(SC(F)(F)F)cc1. The average Bonchev–Trinajstić information content (AvgIpc) is 3.04. The number of halogens is 3. The topological polar surface area (TPSA) is 72.9 Å². The molecule has 2 atom stereocenters. The van der Waals surface area contributed by atoms with Crippen LogP contribution < -0.4 is 9.64 Å².